The van der Waals surface area contributed by atoms with Crippen molar-refractivity contribution in [2.45, 2.75) is 46.0 Å². The number of aryl methyl sites for hydroxylation is 3. The first kappa shape index (κ1) is 28.1. The first-order valence-corrected chi connectivity index (χ1v) is 13.0. The van der Waals surface area contributed by atoms with E-state index in [1.165, 1.54) is 23.1 Å². The van der Waals surface area contributed by atoms with Crippen molar-refractivity contribution in [1.29, 1.82) is 0 Å². The smallest absolute Gasteiger partial charge is 0.273 e. The molecule has 4 heterocycles. The Bertz CT molecular complexity index is 1790. The highest BCUT2D eigenvalue weighted by Crippen LogP contribution is 2.54. The molecule has 1 aliphatic rings. The number of pyridine rings is 2. The normalized spacial score (nSPS) is 17.5. The van der Waals surface area contributed by atoms with Crippen molar-refractivity contribution in [3.05, 3.63) is 110 Å². The minimum atomic E-state index is -0.983. The summed E-state index contributed by atoms with van der Waals surface area (Å²) in [5, 5.41) is 4.07. The van der Waals surface area contributed by atoms with Gasteiger partial charge in [0.05, 0.1) is 18.6 Å². The molecule has 5 rings (SSSR count). The van der Waals surface area contributed by atoms with Crippen LogP contribution >= 0.6 is 11.6 Å². The van der Waals surface area contributed by atoms with Crippen LogP contribution in [0, 0.1) is 32.4 Å². The van der Waals surface area contributed by atoms with Gasteiger partial charge in [-0.3, -0.25) is 14.4 Å². The third kappa shape index (κ3) is 5.47. The van der Waals surface area contributed by atoms with Gasteiger partial charge in [-0.15, -0.1) is 5.10 Å². The number of hydrogen-bond acceptors (Lipinski definition) is 7. The number of allylic oxidation sites excluding steroid dienone is 2. The predicted octanol–water partition coefficient (Wildman–Crippen LogP) is 5.53. The van der Waals surface area contributed by atoms with E-state index in [9.17, 15) is 9.18 Å². The summed E-state index contributed by atoms with van der Waals surface area (Å²) in [6, 6.07) is 2.97. The third-order valence-corrected chi connectivity index (χ3v) is 6.97. The molecular formula is C28H24ClF3N8O. The van der Waals surface area contributed by atoms with Crippen LogP contribution in [0.5, 0.6) is 0 Å². The van der Waals surface area contributed by atoms with Crippen LogP contribution in [0.3, 0.4) is 0 Å². The molecule has 0 bridgehead atoms. The van der Waals surface area contributed by atoms with Crippen molar-refractivity contribution in [3.8, 4) is 5.82 Å². The van der Waals surface area contributed by atoms with E-state index >= 15 is 8.78 Å². The summed E-state index contributed by atoms with van der Waals surface area (Å²) < 4.78 is 47.1. The molecule has 0 radical (unpaired) electrons. The van der Waals surface area contributed by atoms with Gasteiger partial charge >= 0.3 is 0 Å². The Morgan fingerprint density at radius 2 is 1.88 bits per heavy atom. The van der Waals surface area contributed by atoms with Crippen LogP contribution in [-0.4, -0.2) is 40.0 Å². The fourth-order valence-corrected chi connectivity index (χ4v) is 4.87. The van der Waals surface area contributed by atoms with E-state index in [-0.39, 0.29) is 34.0 Å². The van der Waals surface area contributed by atoms with E-state index in [4.69, 9.17) is 11.6 Å². The van der Waals surface area contributed by atoms with E-state index in [1.807, 2.05) is 0 Å². The Kier molecular flexibility index (Phi) is 7.68. The fraction of sp³-hybridized carbons (Fsp3) is 0.250. The van der Waals surface area contributed by atoms with Crippen LogP contribution in [-0.2, 0) is 0 Å². The summed E-state index contributed by atoms with van der Waals surface area (Å²) >= 11 is 6.47. The second kappa shape index (κ2) is 11.2. The minimum absolute atomic E-state index is 0.0874. The molecule has 1 fully saturated rings. The van der Waals surface area contributed by atoms with Gasteiger partial charge in [0, 0.05) is 29.6 Å². The van der Waals surface area contributed by atoms with Gasteiger partial charge < -0.3 is 0 Å². The maximum atomic E-state index is 15.9. The average molecular weight is 581 g/mol. The van der Waals surface area contributed by atoms with Crippen LogP contribution in [0.15, 0.2) is 58.6 Å². The van der Waals surface area contributed by atoms with Gasteiger partial charge in [-0.1, -0.05) is 17.7 Å². The van der Waals surface area contributed by atoms with Crippen molar-refractivity contribution < 1.29 is 13.2 Å². The summed E-state index contributed by atoms with van der Waals surface area (Å²) in [7, 11) is 0. The first-order chi connectivity index (χ1) is 19.6. The summed E-state index contributed by atoms with van der Waals surface area (Å²) in [6.45, 7) is 6.60. The fourth-order valence-electron chi connectivity index (χ4n) is 4.58. The van der Waals surface area contributed by atoms with Crippen LogP contribution in [0.1, 0.15) is 59.5 Å². The molecule has 9 nitrogen and oxygen atoms in total. The zero-order chi connectivity index (χ0) is 29.4. The topological polar surface area (TPSA) is 104 Å². The third-order valence-electron chi connectivity index (χ3n) is 6.59. The molecule has 4 aromatic heterocycles. The summed E-state index contributed by atoms with van der Waals surface area (Å²) in [4.78, 5) is 33.7. The van der Waals surface area contributed by atoms with Gasteiger partial charge in [-0.25, -0.2) is 33.1 Å². The highest BCUT2D eigenvalue weighted by Gasteiger charge is 2.43. The standard InChI is InChI=1S/C28H24ClF3N8O/c1-5-7-33-25(18-6-8-34-27(24(18)32)40-16(4)37-15(3)38-40)22(31)13-39-14(2)9-20(23(29)28(39)41)19-10-21(19)26-35-11-17(30)12-36-26/h5-9,11-13,19,21H,10H2,1-4H3/b7-5+,22-13-,33-25+. The van der Waals surface area contributed by atoms with Crippen molar-refractivity contribution >= 4 is 23.5 Å². The lowest BCUT2D eigenvalue weighted by Crippen LogP contribution is -2.21. The molecule has 1 aliphatic carbocycles. The largest absolute Gasteiger partial charge is 0.284 e. The minimum Gasteiger partial charge on any atom is -0.284 e. The number of aromatic nitrogens is 7. The second-order valence-electron chi connectivity index (χ2n) is 9.49. The summed E-state index contributed by atoms with van der Waals surface area (Å²) in [5.74, 6) is -1.54. The lowest BCUT2D eigenvalue weighted by Gasteiger charge is -2.12. The SMILES string of the molecule is C/C=C/N=C(/C(F)=C/n1c(C)cc(C2CC2c2ncc(F)cn2)c(Cl)c1=O)c1ccnc(-n2nc(C)nc2C)c1F. The Hall–Kier alpha value is -4.45. The second-order valence-corrected chi connectivity index (χ2v) is 9.87. The van der Waals surface area contributed by atoms with Gasteiger partial charge in [0.1, 0.15) is 28.2 Å². The molecule has 2 atom stereocenters. The molecule has 0 saturated heterocycles. The van der Waals surface area contributed by atoms with Crippen molar-refractivity contribution in [2.24, 2.45) is 4.99 Å². The monoisotopic (exact) mass is 580 g/mol. The molecule has 4 aromatic rings. The van der Waals surface area contributed by atoms with Gasteiger partial charge in [-0.2, -0.15) is 4.68 Å². The lowest BCUT2D eigenvalue weighted by atomic mass is 10.1. The van der Waals surface area contributed by atoms with E-state index in [0.717, 1.165) is 23.2 Å². The van der Waals surface area contributed by atoms with Gasteiger partial charge in [-0.05, 0) is 57.7 Å². The van der Waals surface area contributed by atoms with Crippen molar-refractivity contribution in [2.75, 3.05) is 0 Å². The van der Waals surface area contributed by atoms with Gasteiger partial charge in [0.2, 0.25) is 0 Å². The lowest BCUT2D eigenvalue weighted by molar-refractivity contribution is 0.592. The van der Waals surface area contributed by atoms with E-state index in [0.29, 0.717) is 35.2 Å². The van der Waals surface area contributed by atoms with E-state index in [1.54, 1.807) is 39.8 Å². The number of aliphatic imine (C=N–C) groups is 1. The van der Waals surface area contributed by atoms with Crippen LogP contribution < -0.4 is 5.56 Å². The first-order valence-electron chi connectivity index (χ1n) is 12.6. The number of nitrogens with zero attached hydrogens (tertiary/aromatic N) is 8. The maximum absolute atomic E-state index is 15.9. The highest BCUT2D eigenvalue weighted by molar-refractivity contribution is 6.31. The Balaban J connectivity index is 1.52. The molecule has 41 heavy (non-hydrogen) atoms. The number of halogens is 4. The van der Waals surface area contributed by atoms with Crippen molar-refractivity contribution in [1.82, 2.24) is 34.3 Å². The quantitative estimate of drug-likeness (QED) is 0.266. The zero-order valence-corrected chi connectivity index (χ0v) is 23.2. The zero-order valence-electron chi connectivity index (χ0n) is 22.5. The van der Waals surface area contributed by atoms with Gasteiger partial charge in [0.15, 0.2) is 23.3 Å². The predicted molar refractivity (Wildman–Crippen MR) is 148 cm³/mol. The summed E-state index contributed by atoms with van der Waals surface area (Å²) in [5.41, 5.74) is -0.241. The number of hydrogen-bond donors (Lipinski definition) is 0. The summed E-state index contributed by atoms with van der Waals surface area (Å²) in [6.07, 6.45) is 7.91. The highest BCUT2D eigenvalue weighted by atomic mass is 35.5. The van der Waals surface area contributed by atoms with Crippen LogP contribution in [0.2, 0.25) is 5.02 Å². The molecule has 0 aromatic carbocycles. The van der Waals surface area contributed by atoms with Crippen LogP contribution in [0.25, 0.3) is 12.0 Å². The molecular weight excluding hydrogens is 557 g/mol. The molecule has 1 saturated carbocycles. The Morgan fingerprint density at radius 1 is 1.15 bits per heavy atom. The molecule has 2 unspecified atom stereocenters. The van der Waals surface area contributed by atoms with Crippen molar-refractivity contribution in [3.63, 3.8) is 0 Å². The maximum Gasteiger partial charge on any atom is 0.273 e. The molecule has 13 heteroatoms. The Labute approximate surface area is 237 Å². The van der Waals surface area contributed by atoms with E-state index in [2.05, 4.69) is 30.0 Å². The van der Waals surface area contributed by atoms with Gasteiger partial charge in [0.25, 0.3) is 5.56 Å². The van der Waals surface area contributed by atoms with Crippen LogP contribution in [0.4, 0.5) is 13.2 Å². The molecule has 0 N–H and O–H groups in total. The molecule has 0 spiro atoms. The van der Waals surface area contributed by atoms with E-state index < -0.39 is 23.0 Å². The number of rotatable bonds is 7. The molecule has 210 valence electrons. The molecule has 0 amide bonds. The average Bonchev–Trinajstić information content (AvgIpc) is 3.66. The molecule has 0 aliphatic heterocycles. The Morgan fingerprint density at radius 3 is 2.54 bits per heavy atom.